The highest BCUT2D eigenvalue weighted by atomic mass is 35.5. The number of fused-ring (bicyclic) bond motifs is 1. The van der Waals surface area contributed by atoms with Gasteiger partial charge in [0.2, 0.25) is 0 Å². The minimum atomic E-state index is -0.181. The Kier molecular flexibility index (Phi) is 4.54. The zero-order valence-corrected chi connectivity index (χ0v) is 13.0. The van der Waals surface area contributed by atoms with E-state index in [1.54, 1.807) is 23.5 Å². The molecule has 21 heavy (non-hydrogen) atoms. The van der Waals surface area contributed by atoms with Gasteiger partial charge in [-0.25, -0.2) is 4.39 Å². The molecule has 0 bridgehead atoms. The van der Waals surface area contributed by atoms with E-state index in [-0.39, 0.29) is 5.82 Å². The Balaban J connectivity index is 1.58. The zero-order valence-electron chi connectivity index (χ0n) is 11.4. The lowest BCUT2D eigenvalue weighted by atomic mass is 10.1. The number of hydrogen-bond acceptors (Lipinski definition) is 2. The maximum Gasteiger partial charge on any atom is 0.123 e. The van der Waals surface area contributed by atoms with Crippen LogP contribution in [0, 0.1) is 5.82 Å². The van der Waals surface area contributed by atoms with Gasteiger partial charge in [-0.05, 0) is 36.7 Å². The Labute approximate surface area is 132 Å². The fourth-order valence-corrected chi connectivity index (χ4v) is 3.77. The van der Waals surface area contributed by atoms with Gasteiger partial charge < -0.3 is 5.32 Å². The van der Waals surface area contributed by atoms with E-state index in [4.69, 9.17) is 11.6 Å². The molecule has 3 aromatic rings. The molecule has 0 spiro atoms. The first-order valence-electron chi connectivity index (χ1n) is 6.85. The third-order valence-corrected chi connectivity index (χ3v) is 5.08. The van der Waals surface area contributed by atoms with Crippen molar-refractivity contribution in [2.24, 2.45) is 0 Å². The van der Waals surface area contributed by atoms with E-state index in [0.717, 1.165) is 40.4 Å². The van der Waals surface area contributed by atoms with Crippen LogP contribution in [0.4, 0.5) is 4.39 Å². The van der Waals surface area contributed by atoms with Crippen LogP contribution in [0.15, 0.2) is 48.5 Å². The van der Waals surface area contributed by atoms with E-state index in [0.29, 0.717) is 0 Å². The van der Waals surface area contributed by atoms with E-state index >= 15 is 0 Å². The van der Waals surface area contributed by atoms with Crippen molar-refractivity contribution in [2.75, 3.05) is 6.54 Å². The van der Waals surface area contributed by atoms with Crippen LogP contribution in [0.25, 0.3) is 10.1 Å². The van der Waals surface area contributed by atoms with Crippen molar-refractivity contribution >= 4 is 33.0 Å². The molecule has 0 amide bonds. The molecule has 0 saturated carbocycles. The van der Waals surface area contributed by atoms with Crippen LogP contribution >= 0.6 is 22.9 Å². The van der Waals surface area contributed by atoms with Gasteiger partial charge in [0.1, 0.15) is 5.82 Å². The standard InChI is InChI=1S/C17H15ClFNS/c18-17-14-6-1-2-7-15(14)21-16(17)11-20-9-8-12-4-3-5-13(19)10-12/h1-7,10,20H,8-9,11H2. The van der Waals surface area contributed by atoms with Crippen LogP contribution in [0.2, 0.25) is 5.02 Å². The second-order valence-electron chi connectivity index (χ2n) is 4.89. The predicted octanol–water partition coefficient (Wildman–Crippen LogP) is 5.03. The molecule has 1 N–H and O–H groups in total. The van der Waals surface area contributed by atoms with Gasteiger partial charge in [-0.2, -0.15) is 0 Å². The highest BCUT2D eigenvalue weighted by Crippen LogP contribution is 2.34. The van der Waals surface area contributed by atoms with Crippen molar-refractivity contribution in [2.45, 2.75) is 13.0 Å². The largest absolute Gasteiger partial charge is 0.311 e. The van der Waals surface area contributed by atoms with Gasteiger partial charge in [0.15, 0.2) is 0 Å². The molecular weight excluding hydrogens is 305 g/mol. The van der Waals surface area contributed by atoms with Crippen molar-refractivity contribution in [3.63, 3.8) is 0 Å². The molecule has 0 aliphatic carbocycles. The summed E-state index contributed by atoms with van der Waals surface area (Å²) in [6, 6.07) is 14.9. The number of hydrogen-bond donors (Lipinski definition) is 1. The molecule has 0 aliphatic heterocycles. The summed E-state index contributed by atoms with van der Waals surface area (Å²) in [4.78, 5) is 1.15. The molecule has 0 unspecified atom stereocenters. The van der Waals surface area contributed by atoms with Gasteiger partial charge in [-0.15, -0.1) is 11.3 Å². The molecule has 0 radical (unpaired) electrons. The van der Waals surface area contributed by atoms with Crippen LogP contribution < -0.4 is 5.32 Å². The summed E-state index contributed by atoms with van der Waals surface area (Å²) < 4.78 is 14.3. The fourth-order valence-electron chi connectivity index (χ4n) is 2.31. The van der Waals surface area contributed by atoms with Crippen LogP contribution in [-0.2, 0) is 13.0 Å². The number of benzene rings is 2. The predicted molar refractivity (Wildman–Crippen MR) is 88.6 cm³/mol. The van der Waals surface area contributed by atoms with Crippen molar-refractivity contribution in [1.29, 1.82) is 0 Å². The first kappa shape index (κ1) is 14.5. The van der Waals surface area contributed by atoms with Crippen LogP contribution in [0.5, 0.6) is 0 Å². The average Bonchev–Trinajstić information content (AvgIpc) is 2.81. The minimum absolute atomic E-state index is 0.181. The summed E-state index contributed by atoms with van der Waals surface area (Å²) >= 11 is 8.11. The third-order valence-electron chi connectivity index (χ3n) is 3.37. The Morgan fingerprint density at radius 3 is 2.76 bits per heavy atom. The lowest BCUT2D eigenvalue weighted by molar-refractivity contribution is 0.623. The van der Waals surface area contributed by atoms with E-state index in [1.807, 2.05) is 24.3 Å². The van der Waals surface area contributed by atoms with Gasteiger partial charge in [0.25, 0.3) is 0 Å². The summed E-state index contributed by atoms with van der Waals surface area (Å²) in [5.74, 6) is -0.181. The van der Waals surface area contributed by atoms with Gasteiger partial charge in [0.05, 0.1) is 5.02 Å². The number of rotatable bonds is 5. The van der Waals surface area contributed by atoms with E-state index < -0.39 is 0 Å². The second kappa shape index (κ2) is 6.56. The second-order valence-corrected chi connectivity index (χ2v) is 6.41. The lowest BCUT2D eigenvalue weighted by Gasteiger charge is -2.04. The summed E-state index contributed by atoms with van der Waals surface area (Å²) in [6.45, 7) is 1.54. The van der Waals surface area contributed by atoms with Gasteiger partial charge >= 0.3 is 0 Å². The zero-order chi connectivity index (χ0) is 14.7. The summed E-state index contributed by atoms with van der Waals surface area (Å²) in [5.41, 5.74) is 1.00. The molecule has 1 nitrogen and oxygen atoms in total. The summed E-state index contributed by atoms with van der Waals surface area (Å²) in [5, 5.41) is 5.33. The Morgan fingerprint density at radius 2 is 1.95 bits per heavy atom. The van der Waals surface area contributed by atoms with Crippen molar-refractivity contribution in [3.05, 3.63) is 69.8 Å². The van der Waals surface area contributed by atoms with Gasteiger partial charge in [-0.3, -0.25) is 0 Å². The molecular formula is C17H15ClFNS. The smallest absolute Gasteiger partial charge is 0.123 e. The van der Waals surface area contributed by atoms with E-state index in [1.165, 1.54) is 10.8 Å². The van der Waals surface area contributed by atoms with E-state index in [2.05, 4.69) is 11.4 Å². The Bertz CT molecular complexity index is 753. The molecule has 0 aliphatic rings. The number of thiophene rings is 1. The topological polar surface area (TPSA) is 12.0 Å². The SMILES string of the molecule is Fc1cccc(CCNCc2sc3ccccc3c2Cl)c1. The first-order valence-corrected chi connectivity index (χ1v) is 8.04. The number of halogens is 2. The highest BCUT2D eigenvalue weighted by Gasteiger charge is 2.08. The van der Waals surface area contributed by atoms with Crippen molar-refractivity contribution in [1.82, 2.24) is 5.32 Å². The maximum atomic E-state index is 13.1. The molecule has 2 aromatic carbocycles. The lowest BCUT2D eigenvalue weighted by Crippen LogP contribution is -2.16. The summed E-state index contributed by atoms with van der Waals surface area (Å²) in [7, 11) is 0. The van der Waals surface area contributed by atoms with Crippen LogP contribution in [0.1, 0.15) is 10.4 Å². The van der Waals surface area contributed by atoms with Crippen LogP contribution in [0.3, 0.4) is 0 Å². The molecule has 0 saturated heterocycles. The summed E-state index contributed by atoms with van der Waals surface area (Å²) in [6.07, 6.45) is 0.806. The normalized spacial score (nSPS) is 11.1. The molecule has 3 rings (SSSR count). The first-order chi connectivity index (χ1) is 10.2. The Hall–Kier alpha value is -1.42. The van der Waals surface area contributed by atoms with Gasteiger partial charge in [0, 0.05) is 21.5 Å². The molecule has 0 atom stereocenters. The molecule has 1 heterocycles. The molecule has 4 heteroatoms. The maximum absolute atomic E-state index is 13.1. The Morgan fingerprint density at radius 1 is 1.10 bits per heavy atom. The van der Waals surface area contributed by atoms with Crippen molar-refractivity contribution < 1.29 is 4.39 Å². The van der Waals surface area contributed by atoms with Crippen LogP contribution in [-0.4, -0.2) is 6.54 Å². The highest BCUT2D eigenvalue weighted by molar-refractivity contribution is 7.19. The van der Waals surface area contributed by atoms with E-state index in [9.17, 15) is 4.39 Å². The third kappa shape index (κ3) is 3.43. The van der Waals surface area contributed by atoms with Gasteiger partial charge in [-0.1, -0.05) is 41.9 Å². The molecule has 0 fully saturated rings. The quantitative estimate of drug-likeness (QED) is 0.651. The average molecular weight is 320 g/mol. The van der Waals surface area contributed by atoms with Crippen molar-refractivity contribution in [3.8, 4) is 0 Å². The number of nitrogens with one attached hydrogen (secondary N) is 1. The minimum Gasteiger partial charge on any atom is -0.311 e. The molecule has 1 aromatic heterocycles. The molecule has 108 valence electrons. The fraction of sp³-hybridized carbons (Fsp3) is 0.176. The monoisotopic (exact) mass is 319 g/mol.